The van der Waals surface area contributed by atoms with Gasteiger partial charge in [-0.2, -0.15) is 0 Å². The first-order valence-electron chi connectivity index (χ1n) is 35.6. The highest BCUT2D eigenvalue weighted by Gasteiger charge is 2.24. The summed E-state index contributed by atoms with van der Waals surface area (Å²) in [5.41, 5.74) is 9.02. The molecule has 0 fully saturated rings. The number of carbonyl (C=O) groups is 10. The molecule has 4 aromatic heterocycles. The molecule has 0 aliphatic carbocycles. The van der Waals surface area contributed by atoms with Crippen LogP contribution in [0.1, 0.15) is 44.5 Å². The summed E-state index contributed by atoms with van der Waals surface area (Å²) >= 11 is 0. The number of carboxylic acid groups (broad SMARTS) is 6. The van der Waals surface area contributed by atoms with Gasteiger partial charge in [-0.05, 0) is 121 Å². The molecule has 30 nitrogen and oxygen atoms in total. The van der Waals surface area contributed by atoms with E-state index in [0.717, 1.165) is 21.5 Å². The summed E-state index contributed by atoms with van der Waals surface area (Å²) in [7, 11) is 0. The van der Waals surface area contributed by atoms with Crippen LogP contribution in [0.2, 0.25) is 0 Å². The van der Waals surface area contributed by atoms with Gasteiger partial charge in [0.1, 0.15) is 0 Å². The average molecular weight is 1540 g/mol. The molecule has 6 aromatic carbocycles. The Morgan fingerprint density at radius 1 is 0.263 bits per heavy atom. The van der Waals surface area contributed by atoms with Crippen molar-refractivity contribution in [2.75, 3.05) is 139 Å². The Morgan fingerprint density at radius 2 is 0.439 bits per heavy atom. The number of nitrogens with one attached hydrogen (secondary N) is 4. The molecule has 23 aliphatic heterocycles. The van der Waals surface area contributed by atoms with Crippen molar-refractivity contribution in [3.8, 4) is 47.4 Å². The Hall–Kier alpha value is -14.3. The molecule has 576 valence electrons. The second kappa shape index (κ2) is 38.8. The van der Waals surface area contributed by atoms with Gasteiger partial charge in [-0.3, -0.25) is 97.3 Å². The highest BCUT2D eigenvalue weighted by Crippen LogP contribution is 2.26. The summed E-state index contributed by atoms with van der Waals surface area (Å²) in [6, 6.07) is 41.7. The van der Waals surface area contributed by atoms with Crippen LogP contribution in [0.3, 0.4) is 0 Å². The molecule has 0 radical (unpaired) electrons. The standard InChI is InChI=1S/C84H74N14O16/c99-71-45-95(51-77(107)108)33-29-93(49-75(103)104)30-34-96(52-78(109)110)46-72(100)91-69-25-13-57(14-26-69)3-7-61-39-65-19-20-66-40-62(44-88-84(66)83(65)87-43-61)8-4-58-15-27-70(28-16-58)92-74(102)48-98(54-80(113)114)36-32-94(50-76(105)106)31-35-97(53-79(111)112)47-73(101)90-68-23-11-56(12-24-68)2-6-60-38-64-18-17-63-37-59(41-85-81(63)82(64)86-42-60)5-1-55-9-21-67(89-71)22-10-55/h9-28,37-44H,29-36,45-54H2,(H,89,99)(H,90,101)(H,91,100)(H,92,102)(H,103,104)(H,105,106)(H,107,108)(H,109,110)(H,111,112)(H,113,114). The van der Waals surface area contributed by atoms with Crippen LogP contribution in [0, 0.1) is 47.4 Å². The highest BCUT2D eigenvalue weighted by molar-refractivity contribution is 6.04. The fourth-order valence-corrected chi connectivity index (χ4v) is 12.3. The van der Waals surface area contributed by atoms with Gasteiger partial charge in [-0.15, -0.1) is 0 Å². The summed E-state index contributed by atoms with van der Waals surface area (Å²) in [6.07, 6.45) is 6.51. The number of hydrogen-bond acceptors (Lipinski definition) is 20. The van der Waals surface area contributed by atoms with Gasteiger partial charge < -0.3 is 51.9 Å². The Morgan fingerprint density at radius 3 is 0.632 bits per heavy atom. The minimum atomic E-state index is -1.23. The molecule has 0 saturated carbocycles. The molecule has 4 amide bonds. The van der Waals surface area contributed by atoms with Crippen LogP contribution in [0.5, 0.6) is 0 Å². The van der Waals surface area contributed by atoms with Gasteiger partial charge in [0.05, 0.1) is 87.5 Å². The summed E-state index contributed by atoms with van der Waals surface area (Å²) in [5.74, 6) is 15.3. The fourth-order valence-electron chi connectivity index (χ4n) is 12.3. The van der Waals surface area contributed by atoms with Gasteiger partial charge in [0.15, 0.2) is 0 Å². The lowest BCUT2D eigenvalue weighted by molar-refractivity contribution is -0.141. The third-order valence-corrected chi connectivity index (χ3v) is 17.6. The Labute approximate surface area is 652 Å². The van der Waals surface area contributed by atoms with Crippen LogP contribution >= 0.6 is 0 Å². The quantitative estimate of drug-likeness (QED) is 0.0550. The van der Waals surface area contributed by atoms with E-state index in [4.69, 9.17) is 19.9 Å². The van der Waals surface area contributed by atoms with Crippen molar-refractivity contribution in [3.05, 3.63) is 215 Å². The monoisotopic (exact) mass is 1530 g/mol. The molecular weight excluding hydrogens is 1460 g/mol. The number of carboxylic acids is 6. The van der Waals surface area contributed by atoms with Gasteiger partial charge in [-0.1, -0.05) is 71.6 Å². The molecule has 27 heterocycles. The third-order valence-electron chi connectivity index (χ3n) is 17.6. The number of benzene rings is 6. The molecule has 114 heavy (non-hydrogen) atoms. The lowest BCUT2D eigenvalue weighted by atomic mass is 10.1. The van der Waals surface area contributed by atoms with E-state index in [1.54, 1.807) is 122 Å². The molecule has 0 atom stereocenters. The number of aromatic nitrogens is 4. The molecule has 33 rings (SSSR count). The first kappa shape index (κ1) is 80.7. The van der Waals surface area contributed by atoms with Crippen molar-refractivity contribution >= 4 is 126 Å². The van der Waals surface area contributed by atoms with E-state index in [9.17, 15) is 78.6 Å². The van der Waals surface area contributed by atoms with Gasteiger partial charge >= 0.3 is 35.8 Å². The predicted octanol–water partition coefficient (Wildman–Crippen LogP) is 5.27. The van der Waals surface area contributed by atoms with Gasteiger partial charge in [0.2, 0.25) is 23.6 Å². The highest BCUT2D eigenvalue weighted by atomic mass is 16.4. The van der Waals surface area contributed by atoms with Gasteiger partial charge in [0.25, 0.3) is 0 Å². The molecule has 10 N–H and O–H groups in total. The Balaban J connectivity index is 0.779. The first-order chi connectivity index (χ1) is 54.9. The van der Waals surface area contributed by atoms with Crippen LogP contribution in [-0.4, -0.2) is 257 Å². The van der Waals surface area contributed by atoms with Crippen molar-refractivity contribution in [2.24, 2.45) is 0 Å². The molecular formula is C84H74N14O16. The second-order valence-corrected chi connectivity index (χ2v) is 26.6. The van der Waals surface area contributed by atoms with E-state index < -0.39 is 98.7 Å². The van der Waals surface area contributed by atoms with Crippen molar-refractivity contribution in [1.29, 1.82) is 0 Å². The van der Waals surface area contributed by atoms with Gasteiger partial charge in [-0.25, -0.2) is 0 Å². The Kier molecular flexibility index (Phi) is 27.5. The third kappa shape index (κ3) is 24.8. The van der Waals surface area contributed by atoms with E-state index in [0.29, 0.717) is 89.3 Å². The number of hydrogen-bond donors (Lipinski definition) is 10. The van der Waals surface area contributed by atoms with Crippen molar-refractivity contribution in [1.82, 2.24) is 49.3 Å². The van der Waals surface area contributed by atoms with Gasteiger partial charge in [0, 0.05) is 166 Å². The molecule has 20 bridgehead atoms. The maximum Gasteiger partial charge on any atom is 0.317 e. The largest absolute Gasteiger partial charge is 0.480 e. The molecule has 0 unspecified atom stereocenters. The van der Waals surface area contributed by atoms with E-state index >= 15 is 0 Å². The number of aliphatic carboxylic acids is 6. The minimum Gasteiger partial charge on any atom is -0.480 e. The minimum absolute atomic E-state index is 0.0333. The summed E-state index contributed by atoms with van der Waals surface area (Å²) in [5, 5.41) is 72.9. The van der Waals surface area contributed by atoms with E-state index in [1.807, 2.05) is 48.5 Å². The average Bonchev–Trinajstić information content (AvgIpc) is 0.786. The summed E-state index contributed by atoms with van der Waals surface area (Å²) in [6.45, 7) is -5.14. The topological polar surface area (TPSA) is 411 Å². The zero-order chi connectivity index (χ0) is 80.6. The number of nitrogens with zero attached hydrogens (tertiary/aromatic N) is 10. The smallest absolute Gasteiger partial charge is 0.317 e. The Bertz CT molecular complexity index is 4950. The summed E-state index contributed by atoms with van der Waals surface area (Å²) in [4.78, 5) is 153. The molecule has 23 aliphatic rings. The summed E-state index contributed by atoms with van der Waals surface area (Å²) < 4.78 is 0. The maximum absolute atomic E-state index is 13.4. The number of pyridine rings is 4. The van der Waals surface area contributed by atoms with Crippen molar-refractivity contribution in [2.45, 2.75) is 0 Å². The van der Waals surface area contributed by atoms with Crippen molar-refractivity contribution < 1.29 is 78.6 Å². The van der Waals surface area contributed by atoms with E-state index in [-0.39, 0.29) is 78.5 Å². The number of carbonyl (C=O) groups excluding carboxylic acids is 4. The molecule has 0 saturated heterocycles. The lowest BCUT2D eigenvalue weighted by Crippen LogP contribution is -2.46. The van der Waals surface area contributed by atoms with Crippen LogP contribution in [0.15, 0.2) is 170 Å². The zero-order valence-electron chi connectivity index (χ0n) is 61.1. The lowest BCUT2D eigenvalue weighted by Gasteiger charge is -2.28. The van der Waals surface area contributed by atoms with Crippen LogP contribution in [0.25, 0.3) is 43.6 Å². The number of amides is 4. The normalized spacial score (nSPS) is 15.0. The van der Waals surface area contributed by atoms with Crippen molar-refractivity contribution in [3.63, 3.8) is 0 Å². The van der Waals surface area contributed by atoms with Crippen LogP contribution < -0.4 is 21.3 Å². The maximum atomic E-state index is 13.4. The fraction of sp³-hybridized carbons (Fsp3) is 0.214. The zero-order valence-corrected chi connectivity index (χ0v) is 61.1. The molecule has 30 heteroatoms. The number of rotatable bonds is 12. The molecule has 10 aromatic rings. The second-order valence-electron chi connectivity index (χ2n) is 26.6. The van der Waals surface area contributed by atoms with E-state index in [1.165, 1.54) is 29.4 Å². The SMILES string of the molecule is O=C(O)CN1CCN(CC(=O)O)CC(=O)Nc2ccc(cc2)C#Cc2cnc3c(ccc4cc(cnc43)C#Cc3ccc(cc3)NC(=O)CN(CC(=O)O)CCN(CC(=O)O)CCN(CC(=O)O)CC(=O)Nc3ccc(cc3)C#Cc3cnc4c(ccc5cc(cnc54)C#Cc4ccc(cc4)NC(=O)CN(CC(=O)O)CC1)c3)c2. The number of anilines is 4. The molecule has 0 spiro atoms. The first-order valence-corrected chi connectivity index (χ1v) is 35.6. The predicted molar refractivity (Wildman–Crippen MR) is 423 cm³/mol. The van der Waals surface area contributed by atoms with Crippen LogP contribution in [0.4, 0.5) is 22.7 Å². The van der Waals surface area contributed by atoms with Crippen LogP contribution in [-0.2, 0) is 47.9 Å². The van der Waals surface area contributed by atoms with E-state index in [2.05, 4.69) is 68.6 Å².